The standard InChI is InChI=1S/C12H16BrN3O/c1-17-9-4-5-16(7-9)11-3-2-8(13)6-10(11)12(14)15/h2-3,6,9H,4-5,7H2,1H3,(H3,14,15). The number of methoxy groups -OCH3 is 1. The van der Waals surface area contributed by atoms with E-state index in [0.29, 0.717) is 0 Å². The van der Waals surface area contributed by atoms with Gasteiger partial charge in [-0.2, -0.15) is 0 Å². The van der Waals surface area contributed by atoms with Gasteiger partial charge in [0.05, 0.1) is 6.10 Å². The monoisotopic (exact) mass is 297 g/mol. The highest BCUT2D eigenvalue weighted by Gasteiger charge is 2.24. The van der Waals surface area contributed by atoms with Gasteiger partial charge in [0.2, 0.25) is 0 Å². The summed E-state index contributed by atoms with van der Waals surface area (Å²) >= 11 is 3.40. The van der Waals surface area contributed by atoms with E-state index in [4.69, 9.17) is 15.9 Å². The van der Waals surface area contributed by atoms with E-state index in [9.17, 15) is 0 Å². The molecule has 0 saturated carbocycles. The van der Waals surface area contributed by atoms with Crippen LogP contribution >= 0.6 is 15.9 Å². The van der Waals surface area contributed by atoms with E-state index in [-0.39, 0.29) is 11.9 Å². The number of hydrogen-bond acceptors (Lipinski definition) is 3. The fourth-order valence-corrected chi connectivity index (χ4v) is 2.50. The number of halogens is 1. The van der Waals surface area contributed by atoms with E-state index < -0.39 is 0 Å². The number of nitrogens with zero attached hydrogens (tertiary/aromatic N) is 1. The molecule has 1 aromatic rings. The number of nitrogens with two attached hydrogens (primary N) is 1. The SMILES string of the molecule is COC1CCN(c2ccc(Br)cc2C(=N)N)C1. The van der Waals surface area contributed by atoms with Gasteiger partial charge in [-0.05, 0) is 24.6 Å². The number of hydrogen-bond donors (Lipinski definition) is 2. The van der Waals surface area contributed by atoms with E-state index in [1.54, 1.807) is 7.11 Å². The van der Waals surface area contributed by atoms with Crippen LogP contribution in [0.15, 0.2) is 22.7 Å². The third-order valence-electron chi connectivity index (χ3n) is 3.07. The first-order chi connectivity index (χ1) is 8.11. The predicted molar refractivity (Wildman–Crippen MR) is 72.8 cm³/mol. The molecule has 0 spiro atoms. The molecular formula is C12H16BrN3O. The van der Waals surface area contributed by atoms with Gasteiger partial charge in [0.1, 0.15) is 5.84 Å². The third-order valence-corrected chi connectivity index (χ3v) is 3.56. The van der Waals surface area contributed by atoms with Crippen LogP contribution in [0.25, 0.3) is 0 Å². The number of amidine groups is 1. The van der Waals surface area contributed by atoms with E-state index >= 15 is 0 Å². The minimum atomic E-state index is 0.0992. The summed E-state index contributed by atoms with van der Waals surface area (Å²) in [6.45, 7) is 1.80. The number of ether oxygens (including phenoxy) is 1. The van der Waals surface area contributed by atoms with Crippen molar-refractivity contribution < 1.29 is 4.74 Å². The summed E-state index contributed by atoms with van der Waals surface area (Å²) in [6.07, 6.45) is 1.29. The van der Waals surface area contributed by atoms with Gasteiger partial charge in [-0.1, -0.05) is 15.9 Å². The Labute approximate surface area is 109 Å². The number of nitrogen functional groups attached to an aromatic ring is 1. The molecule has 4 nitrogen and oxygen atoms in total. The van der Waals surface area contributed by atoms with Crippen LogP contribution in [0, 0.1) is 5.41 Å². The Morgan fingerprint density at radius 2 is 2.35 bits per heavy atom. The molecule has 1 saturated heterocycles. The summed E-state index contributed by atoms with van der Waals surface area (Å²) in [5.74, 6) is 0.0992. The third kappa shape index (κ3) is 2.61. The highest BCUT2D eigenvalue weighted by atomic mass is 79.9. The summed E-state index contributed by atoms with van der Waals surface area (Å²) in [4.78, 5) is 2.22. The minimum Gasteiger partial charge on any atom is -0.384 e. The first-order valence-electron chi connectivity index (χ1n) is 5.53. The first kappa shape index (κ1) is 12.4. The molecule has 0 bridgehead atoms. The van der Waals surface area contributed by atoms with Crippen molar-refractivity contribution in [3.63, 3.8) is 0 Å². The van der Waals surface area contributed by atoms with Gasteiger partial charge < -0.3 is 15.4 Å². The van der Waals surface area contributed by atoms with Gasteiger partial charge in [-0.3, -0.25) is 5.41 Å². The maximum Gasteiger partial charge on any atom is 0.124 e. The van der Waals surface area contributed by atoms with Crippen molar-refractivity contribution in [3.8, 4) is 0 Å². The Morgan fingerprint density at radius 3 is 2.94 bits per heavy atom. The highest BCUT2D eigenvalue weighted by molar-refractivity contribution is 9.10. The second-order valence-corrected chi connectivity index (χ2v) is 5.08. The topological polar surface area (TPSA) is 62.3 Å². The van der Waals surface area contributed by atoms with Crippen LogP contribution in [0.4, 0.5) is 5.69 Å². The normalized spacial score (nSPS) is 19.6. The number of rotatable bonds is 3. The molecule has 1 aliphatic heterocycles. The number of nitrogens with one attached hydrogen (secondary N) is 1. The van der Waals surface area contributed by atoms with Crippen molar-refractivity contribution in [2.24, 2.45) is 5.73 Å². The lowest BCUT2D eigenvalue weighted by Gasteiger charge is -2.21. The molecule has 1 heterocycles. The summed E-state index contributed by atoms with van der Waals surface area (Å²) in [6, 6.07) is 5.86. The van der Waals surface area contributed by atoms with E-state index in [1.165, 1.54) is 0 Å². The lowest BCUT2D eigenvalue weighted by Crippen LogP contribution is -2.25. The molecule has 1 fully saturated rings. The maximum absolute atomic E-state index is 7.63. The van der Waals surface area contributed by atoms with Crippen molar-refractivity contribution in [1.82, 2.24) is 0 Å². The van der Waals surface area contributed by atoms with Crippen molar-refractivity contribution in [1.29, 1.82) is 5.41 Å². The van der Waals surface area contributed by atoms with Crippen molar-refractivity contribution in [2.75, 3.05) is 25.1 Å². The Bertz CT molecular complexity index is 436. The zero-order valence-corrected chi connectivity index (χ0v) is 11.3. The molecule has 0 aliphatic carbocycles. The smallest absolute Gasteiger partial charge is 0.124 e. The molecule has 1 aromatic carbocycles. The summed E-state index contributed by atoms with van der Waals surface area (Å²) in [7, 11) is 1.74. The lowest BCUT2D eigenvalue weighted by molar-refractivity contribution is 0.121. The van der Waals surface area contributed by atoms with Gasteiger partial charge in [0.25, 0.3) is 0 Å². The van der Waals surface area contributed by atoms with Gasteiger partial charge >= 0.3 is 0 Å². The van der Waals surface area contributed by atoms with Gasteiger partial charge in [-0.15, -0.1) is 0 Å². The Balaban J connectivity index is 2.29. The molecule has 0 amide bonds. The van der Waals surface area contributed by atoms with Crippen LogP contribution in [-0.2, 0) is 4.74 Å². The zero-order chi connectivity index (χ0) is 12.4. The summed E-state index contributed by atoms with van der Waals surface area (Å²) in [5, 5.41) is 7.63. The Kier molecular flexibility index (Phi) is 3.69. The fraction of sp³-hybridized carbons (Fsp3) is 0.417. The second kappa shape index (κ2) is 5.06. The Hall–Kier alpha value is -1.07. The van der Waals surface area contributed by atoms with Crippen LogP contribution in [-0.4, -0.2) is 32.1 Å². The molecule has 17 heavy (non-hydrogen) atoms. The zero-order valence-electron chi connectivity index (χ0n) is 9.74. The first-order valence-corrected chi connectivity index (χ1v) is 6.33. The lowest BCUT2D eigenvalue weighted by atomic mass is 10.1. The van der Waals surface area contributed by atoms with E-state index in [0.717, 1.165) is 35.2 Å². The van der Waals surface area contributed by atoms with Crippen LogP contribution < -0.4 is 10.6 Å². The summed E-state index contributed by atoms with van der Waals surface area (Å²) in [5.41, 5.74) is 7.41. The molecule has 0 radical (unpaired) electrons. The second-order valence-electron chi connectivity index (χ2n) is 4.17. The van der Waals surface area contributed by atoms with Gasteiger partial charge in [0, 0.05) is 35.9 Å². The average Bonchev–Trinajstić information content (AvgIpc) is 2.77. The summed E-state index contributed by atoms with van der Waals surface area (Å²) < 4.78 is 6.29. The van der Waals surface area contributed by atoms with Gasteiger partial charge in [-0.25, -0.2) is 0 Å². The van der Waals surface area contributed by atoms with E-state index in [2.05, 4.69) is 20.8 Å². The minimum absolute atomic E-state index is 0.0992. The molecular weight excluding hydrogens is 282 g/mol. The molecule has 3 N–H and O–H groups in total. The largest absolute Gasteiger partial charge is 0.384 e. The Morgan fingerprint density at radius 1 is 1.59 bits per heavy atom. The highest BCUT2D eigenvalue weighted by Crippen LogP contribution is 2.27. The number of anilines is 1. The molecule has 5 heteroatoms. The maximum atomic E-state index is 7.63. The molecule has 92 valence electrons. The molecule has 0 aromatic heterocycles. The van der Waals surface area contributed by atoms with Gasteiger partial charge in [0.15, 0.2) is 0 Å². The molecule has 2 rings (SSSR count). The molecule has 1 unspecified atom stereocenters. The quantitative estimate of drug-likeness (QED) is 0.662. The molecule has 1 atom stereocenters. The average molecular weight is 298 g/mol. The van der Waals surface area contributed by atoms with Crippen LogP contribution in [0.2, 0.25) is 0 Å². The van der Waals surface area contributed by atoms with Crippen molar-refractivity contribution in [2.45, 2.75) is 12.5 Å². The van der Waals surface area contributed by atoms with Crippen molar-refractivity contribution in [3.05, 3.63) is 28.2 Å². The number of benzene rings is 1. The van der Waals surface area contributed by atoms with Crippen LogP contribution in [0.5, 0.6) is 0 Å². The van der Waals surface area contributed by atoms with E-state index in [1.807, 2.05) is 18.2 Å². The van der Waals surface area contributed by atoms with Crippen LogP contribution in [0.1, 0.15) is 12.0 Å². The van der Waals surface area contributed by atoms with Crippen LogP contribution in [0.3, 0.4) is 0 Å². The molecule has 1 aliphatic rings. The predicted octanol–water partition coefficient (Wildman–Crippen LogP) is 1.96. The van der Waals surface area contributed by atoms with Crippen molar-refractivity contribution >= 4 is 27.5 Å². The fourth-order valence-electron chi connectivity index (χ4n) is 2.14.